The second-order valence-corrected chi connectivity index (χ2v) is 4.26. The molecule has 0 saturated heterocycles. The monoisotopic (exact) mass is 232 g/mol. The van der Waals surface area contributed by atoms with Crippen molar-refractivity contribution < 1.29 is 4.79 Å². The molecule has 0 radical (unpaired) electrons. The van der Waals surface area contributed by atoms with Crippen molar-refractivity contribution in [1.82, 2.24) is 0 Å². The molecule has 3 rings (SSSR count). The van der Waals surface area contributed by atoms with Gasteiger partial charge in [0, 0.05) is 0 Å². The Balaban J connectivity index is 2.33. The minimum absolute atomic E-state index is 0.799. The first kappa shape index (κ1) is 10.7. The SMILES string of the molecule is O=CC=Cc1ccc2ccc3ccccc3c2c1. The lowest BCUT2D eigenvalue weighted by Gasteiger charge is -2.04. The molecular weight excluding hydrogens is 220 g/mol. The maximum atomic E-state index is 10.4. The highest BCUT2D eigenvalue weighted by molar-refractivity contribution is 6.08. The number of hydrogen-bond acceptors (Lipinski definition) is 1. The molecule has 0 N–H and O–H groups in total. The van der Waals surface area contributed by atoms with E-state index >= 15 is 0 Å². The van der Waals surface area contributed by atoms with Gasteiger partial charge in [-0.05, 0) is 39.3 Å². The maximum Gasteiger partial charge on any atom is 0.142 e. The lowest BCUT2D eigenvalue weighted by molar-refractivity contribution is -0.104. The molecule has 18 heavy (non-hydrogen) atoms. The average Bonchev–Trinajstić information content (AvgIpc) is 2.45. The van der Waals surface area contributed by atoms with Crippen molar-refractivity contribution in [2.45, 2.75) is 0 Å². The predicted octanol–water partition coefficient (Wildman–Crippen LogP) is 4.21. The van der Waals surface area contributed by atoms with Crippen LogP contribution in [0.25, 0.3) is 27.6 Å². The van der Waals surface area contributed by atoms with Crippen LogP contribution in [-0.4, -0.2) is 6.29 Å². The summed E-state index contributed by atoms with van der Waals surface area (Å²) in [6.07, 6.45) is 4.15. The van der Waals surface area contributed by atoms with E-state index in [0.717, 1.165) is 11.8 Å². The van der Waals surface area contributed by atoms with Crippen LogP contribution in [0.1, 0.15) is 5.56 Å². The van der Waals surface area contributed by atoms with Crippen molar-refractivity contribution in [2.75, 3.05) is 0 Å². The van der Waals surface area contributed by atoms with Gasteiger partial charge >= 0.3 is 0 Å². The Kier molecular flexibility index (Phi) is 2.66. The predicted molar refractivity (Wildman–Crippen MR) is 76.6 cm³/mol. The van der Waals surface area contributed by atoms with Crippen LogP contribution in [0, 0.1) is 0 Å². The van der Waals surface area contributed by atoms with Crippen molar-refractivity contribution in [3.8, 4) is 0 Å². The highest BCUT2D eigenvalue weighted by Crippen LogP contribution is 2.26. The Morgan fingerprint density at radius 3 is 2.33 bits per heavy atom. The Labute approximate surface area is 105 Å². The smallest absolute Gasteiger partial charge is 0.142 e. The zero-order chi connectivity index (χ0) is 12.4. The molecule has 0 unspecified atom stereocenters. The molecule has 3 aromatic carbocycles. The topological polar surface area (TPSA) is 17.1 Å². The van der Waals surface area contributed by atoms with Gasteiger partial charge in [-0.1, -0.05) is 54.6 Å². The minimum Gasteiger partial charge on any atom is -0.299 e. The molecule has 1 heteroatoms. The summed E-state index contributed by atoms with van der Waals surface area (Å²) in [5.74, 6) is 0. The fourth-order valence-corrected chi connectivity index (χ4v) is 2.27. The van der Waals surface area contributed by atoms with Gasteiger partial charge in [0.15, 0.2) is 0 Å². The summed E-state index contributed by atoms with van der Waals surface area (Å²) in [6, 6.07) is 18.8. The van der Waals surface area contributed by atoms with E-state index in [-0.39, 0.29) is 0 Å². The third-order valence-corrected chi connectivity index (χ3v) is 3.14. The minimum atomic E-state index is 0.799. The molecule has 0 atom stereocenters. The molecule has 0 saturated carbocycles. The van der Waals surface area contributed by atoms with E-state index < -0.39 is 0 Å². The molecule has 0 aliphatic heterocycles. The third-order valence-electron chi connectivity index (χ3n) is 3.14. The lowest BCUT2D eigenvalue weighted by Crippen LogP contribution is -1.79. The number of carbonyl (C=O) groups excluding carboxylic acids is 1. The first-order valence-electron chi connectivity index (χ1n) is 5.92. The zero-order valence-electron chi connectivity index (χ0n) is 9.84. The molecule has 0 aliphatic rings. The van der Waals surface area contributed by atoms with Gasteiger partial charge in [-0.3, -0.25) is 4.79 Å². The Morgan fingerprint density at radius 2 is 1.50 bits per heavy atom. The number of aldehydes is 1. The van der Waals surface area contributed by atoms with Gasteiger partial charge in [0.25, 0.3) is 0 Å². The number of fused-ring (bicyclic) bond motifs is 3. The number of carbonyl (C=O) groups is 1. The highest BCUT2D eigenvalue weighted by atomic mass is 16.1. The quantitative estimate of drug-likeness (QED) is 0.367. The normalized spacial score (nSPS) is 11.3. The van der Waals surface area contributed by atoms with Crippen molar-refractivity contribution >= 4 is 33.9 Å². The molecule has 86 valence electrons. The van der Waals surface area contributed by atoms with Crippen LogP contribution < -0.4 is 0 Å². The van der Waals surface area contributed by atoms with Crippen LogP contribution in [-0.2, 0) is 4.79 Å². The lowest BCUT2D eigenvalue weighted by atomic mass is 10.00. The van der Waals surface area contributed by atoms with Crippen LogP contribution in [0.4, 0.5) is 0 Å². The van der Waals surface area contributed by atoms with E-state index in [1.54, 1.807) is 0 Å². The van der Waals surface area contributed by atoms with E-state index in [1.807, 2.05) is 18.2 Å². The van der Waals surface area contributed by atoms with Gasteiger partial charge in [0.05, 0.1) is 0 Å². The number of hydrogen-bond donors (Lipinski definition) is 0. The van der Waals surface area contributed by atoms with Crippen LogP contribution in [0.15, 0.2) is 60.7 Å². The first-order chi connectivity index (χ1) is 8.88. The summed E-state index contributed by atoms with van der Waals surface area (Å²) in [5.41, 5.74) is 1.05. The molecular formula is C17H12O. The molecule has 1 nitrogen and oxygen atoms in total. The van der Waals surface area contributed by atoms with E-state index in [1.165, 1.54) is 27.6 Å². The highest BCUT2D eigenvalue weighted by Gasteiger charge is 2.00. The number of benzene rings is 3. The molecule has 0 heterocycles. The Morgan fingerprint density at radius 1 is 0.778 bits per heavy atom. The van der Waals surface area contributed by atoms with Crippen LogP contribution >= 0.6 is 0 Å². The molecule has 0 aliphatic carbocycles. The zero-order valence-corrected chi connectivity index (χ0v) is 9.84. The molecule has 0 amide bonds. The van der Waals surface area contributed by atoms with Crippen molar-refractivity contribution in [3.63, 3.8) is 0 Å². The van der Waals surface area contributed by atoms with Crippen LogP contribution in [0.2, 0.25) is 0 Å². The van der Waals surface area contributed by atoms with Gasteiger partial charge in [0.2, 0.25) is 0 Å². The van der Waals surface area contributed by atoms with E-state index in [2.05, 4.69) is 42.5 Å². The van der Waals surface area contributed by atoms with Crippen LogP contribution in [0.3, 0.4) is 0 Å². The van der Waals surface area contributed by atoms with Gasteiger partial charge in [-0.25, -0.2) is 0 Å². The van der Waals surface area contributed by atoms with Gasteiger partial charge < -0.3 is 0 Å². The van der Waals surface area contributed by atoms with Gasteiger partial charge in [0.1, 0.15) is 6.29 Å². The summed E-state index contributed by atoms with van der Waals surface area (Å²) in [5, 5.41) is 4.93. The van der Waals surface area contributed by atoms with E-state index in [4.69, 9.17) is 0 Å². The largest absolute Gasteiger partial charge is 0.299 e. The van der Waals surface area contributed by atoms with Crippen molar-refractivity contribution in [1.29, 1.82) is 0 Å². The molecule has 0 bridgehead atoms. The third kappa shape index (κ3) is 1.80. The summed E-state index contributed by atoms with van der Waals surface area (Å²) in [4.78, 5) is 10.4. The summed E-state index contributed by atoms with van der Waals surface area (Å²) in [6.45, 7) is 0. The maximum absolute atomic E-state index is 10.4. The number of allylic oxidation sites excluding steroid dienone is 1. The summed E-state index contributed by atoms with van der Waals surface area (Å²) in [7, 11) is 0. The Bertz CT molecular complexity index is 754. The fourth-order valence-electron chi connectivity index (χ4n) is 2.27. The van der Waals surface area contributed by atoms with E-state index in [0.29, 0.717) is 0 Å². The Hall–Kier alpha value is -2.41. The standard InChI is InChI=1S/C17H12O/c18-11-3-4-13-7-8-15-10-9-14-5-1-2-6-16(14)17(15)12-13/h1-12H. The number of rotatable bonds is 2. The van der Waals surface area contributed by atoms with Crippen molar-refractivity contribution in [3.05, 3.63) is 66.2 Å². The second-order valence-electron chi connectivity index (χ2n) is 4.26. The van der Waals surface area contributed by atoms with Crippen LogP contribution in [0.5, 0.6) is 0 Å². The molecule has 0 aromatic heterocycles. The average molecular weight is 232 g/mol. The van der Waals surface area contributed by atoms with Crippen molar-refractivity contribution in [2.24, 2.45) is 0 Å². The first-order valence-corrected chi connectivity index (χ1v) is 5.92. The fraction of sp³-hybridized carbons (Fsp3) is 0. The van der Waals surface area contributed by atoms with E-state index in [9.17, 15) is 4.79 Å². The summed E-state index contributed by atoms with van der Waals surface area (Å²) >= 11 is 0. The molecule has 3 aromatic rings. The second kappa shape index (κ2) is 4.46. The molecule has 0 spiro atoms. The van der Waals surface area contributed by atoms with Gasteiger partial charge in [-0.15, -0.1) is 0 Å². The van der Waals surface area contributed by atoms with Gasteiger partial charge in [-0.2, -0.15) is 0 Å². The molecule has 0 fully saturated rings. The summed E-state index contributed by atoms with van der Waals surface area (Å²) < 4.78 is 0.